The van der Waals surface area contributed by atoms with Crippen molar-refractivity contribution in [2.45, 2.75) is 19.9 Å². The lowest BCUT2D eigenvalue weighted by Gasteiger charge is -2.36. The molecular formula is C23H32N4O7. The zero-order chi connectivity index (χ0) is 24.7. The van der Waals surface area contributed by atoms with Gasteiger partial charge in [0, 0.05) is 44.0 Å². The van der Waals surface area contributed by atoms with Gasteiger partial charge in [0.15, 0.2) is 11.5 Å². The summed E-state index contributed by atoms with van der Waals surface area (Å²) in [6.07, 6.45) is -0.339. The first kappa shape index (κ1) is 25.2. The largest absolute Gasteiger partial charge is 0.493 e. The number of benzene rings is 1. The van der Waals surface area contributed by atoms with E-state index in [9.17, 15) is 14.4 Å². The highest BCUT2D eigenvalue weighted by Gasteiger charge is 2.37. The minimum absolute atomic E-state index is 0.184. The monoisotopic (exact) mass is 476 g/mol. The summed E-state index contributed by atoms with van der Waals surface area (Å²) in [5.41, 5.74) is 1.31. The van der Waals surface area contributed by atoms with Crippen LogP contribution in [-0.2, 0) is 14.3 Å². The van der Waals surface area contributed by atoms with Crippen LogP contribution in [0.25, 0.3) is 0 Å². The fourth-order valence-electron chi connectivity index (χ4n) is 4.09. The summed E-state index contributed by atoms with van der Waals surface area (Å²) in [6.45, 7) is 6.41. The molecule has 0 saturated carbocycles. The molecule has 3 amide bonds. The van der Waals surface area contributed by atoms with Gasteiger partial charge in [0.2, 0.25) is 0 Å². The van der Waals surface area contributed by atoms with Crippen LogP contribution in [0.1, 0.15) is 25.5 Å². The summed E-state index contributed by atoms with van der Waals surface area (Å²) in [5, 5.41) is 5.60. The number of piperazine rings is 1. The third-order valence-electron chi connectivity index (χ3n) is 5.67. The van der Waals surface area contributed by atoms with Crippen molar-refractivity contribution in [3.63, 3.8) is 0 Å². The van der Waals surface area contributed by atoms with Gasteiger partial charge in [-0.15, -0.1) is 0 Å². The maximum absolute atomic E-state index is 13.1. The van der Waals surface area contributed by atoms with Crippen molar-refractivity contribution in [1.82, 2.24) is 20.4 Å². The third-order valence-corrected chi connectivity index (χ3v) is 5.67. The summed E-state index contributed by atoms with van der Waals surface area (Å²) in [7, 11) is 3.02. The highest BCUT2D eigenvalue weighted by Crippen LogP contribution is 2.39. The van der Waals surface area contributed by atoms with Crippen LogP contribution in [0.5, 0.6) is 11.5 Å². The number of carbonyl (C=O) groups is 3. The van der Waals surface area contributed by atoms with Crippen molar-refractivity contribution in [2.75, 3.05) is 60.2 Å². The van der Waals surface area contributed by atoms with E-state index in [2.05, 4.69) is 15.5 Å². The molecule has 0 aliphatic carbocycles. The molecule has 0 aromatic heterocycles. The van der Waals surface area contributed by atoms with Gasteiger partial charge < -0.3 is 34.5 Å². The van der Waals surface area contributed by atoms with E-state index in [0.717, 1.165) is 0 Å². The number of carbonyl (C=O) groups excluding carboxylic acids is 3. The molecule has 0 spiro atoms. The number of rotatable bonds is 8. The SMILES string of the molecule is CCOC(=O)C1=C(CN2CCN(C(=O)OCC)CC2)NC(=O)N[C@@H]1c1cccc(OC)c1OC. The van der Waals surface area contributed by atoms with Gasteiger partial charge in [-0.25, -0.2) is 14.4 Å². The molecular weight excluding hydrogens is 444 g/mol. The van der Waals surface area contributed by atoms with Crippen molar-refractivity contribution < 1.29 is 33.3 Å². The van der Waals surface area contributed by atoms with E-state index in [-0.39, 0.29) is 12.7 Å². The van der Waals surface area contributed by atoms with E-state index < -0.39 is 18.0 Å². The van der Waals surface area contributed by atoms with Gasteiger partial charge in [0.05, 0.1) is 39.0 Å². The van der Waals surface area contributed by atoms with Crippen LogP contribution in [0.2, 0.25) is 0 Å². The fourth-order valence-corrected chi connectivity index (χ4v) is 4.09. The van der Waals surface area contributed by atoms with Crippen LogP contribution in [0.15, 0.2) is 29.5 Å². The summed E-state index contributed by atoms with van der Waals surface area (Å²) in [6, 6.07) is 4.04. The molecule has 1 aromatic rings. The second-order valence-corrected chi connectivity index (χ2v) is 7.69. The van der Waals surface area contributed by atoms with Crippen molar-refractivity contribution in [1.29, 1.82) is 0 Å². The van der Waals surface area contributed by atoms with Crippen LogP contribution >= 0.6 is 0 Å². The first-order valence-electron chi connectivity index (χ1n) is 11.3. The molecule has 186 valence electrons. The lowest BCUT2D eigenvalue weighted by Crippen LogP contribution is -2.52. The topological polar surface area (TPSA) is 119 Å². The molecule has 2 N–H and O–H groups in total. The van der Waals surface area contributed by atoms with Crippen LogP contribution in [0, 0.1) is 0 Å². The second-order valence-electron chi connectivity index (χ2n) is 7.69. The molecule has 2 aliphatic heterocycles. The molecule has 0 radical (unpaired) electrons. The van der Waals surface area contributed by atoms with E-state index in [1.807, 2.05) is 0 Å². The van der Waals surface area contributed by atoms with Crippen molar-refractivity contribution in [3.8, 4) is 11.5 Å². The quantitative estimate of drug-likeness (QED) is 0.544. The van der Waals surface area contributed by atoms with Crippen LogP contribution in [0.4, 0.5) is 9.59 Å². The Labute approximate surface area is 198 Å². The average Bonchev–Trinajstić information content (AvgIpc) is 2.83. The fraction of sp³-hybridized carbons (Fsp3) is 0.522. The molecule has 0 bridgehead atoms. The molecule has 11 nitrogen and oxygen atoms in total. The normalized spacial score (nSPS) is 18.6. The average molecular weight is 477 g/mol. The first-order valence-corrected chi connectivity index (χ1v) is 11.3. The third kappa shape index (κ3) is 5.53. The highest BCUT2D eigenvalue weighted by atomic mass is 16.6. The van der Waals surface area contributed by atoms with E-state index in [0.29, 0.717) is 67.7 Å². The first-order chi connectivity index (χ1) is 16.4. The smallest absolute Gasteiger partial charge is 0.409 e. The summed E-state index contributed by atoms with van der Waals surface area (Å²) < 4.78 is 21.4. The van der Waals surface area contributed by atoms with E-state index in [1.165, 1.54) is 14.2 Å². The van der Waals surface area contributed by atoms with E-state index in [4.69, 9.17) is 18.9 Å². The van der Waals surface area contributed by atoms with E-state index >= 15 is 0 Å². The minimum Gasteiger partial charge on any atom is -0.493 e. The molecule has 3 rings (SSSR count). The molecule has 1 saturated heterocycles. The Hall–Kier alpha value is -3.47. The number of para-hydroxylation sites is 1. The predicted octanol–water partition coefficient (Wildman–Crippen LogP) is 1.65. The number of methoxy groups -OCH3 is 2. The van der Waals surface area contributed by atoms with Gasteiger partial charge in [-0.1, -0.05) is 12.1 Å². The standard InChI is InChI=1S/C23H32N4O7/c1-5-33-21(28)18-16(14-26-10-12-27(13-11-26)23(30)34-6-2)24-22(29)25-19(18)15-8-7-9-17(31-3)20(15)32-4/h7-9,19H,5-6,10-14H2,1-4H3,(H2,24,25,29)/t19-/m1/s1. The summed E-state index contributed by atoms with van der Waals surface area (Å²) >= 11 is 0. The van der Waals surface area contributed by atoms with Crippen LogP contribution in [0.3, 0.4) is 0 Å². The molecule has 1 aromatic carbocycles. The number of urea groups is 1. The molecule has 0 unspecified atom stereocenters. The maximum atomic E-state index is 13.1. The molecule has 11 heteroatoms. The number of nitrogens with zero attached hydrogens (tertiary/aromatic N) is 2. The van der Waals surface area contributed by atoms with Crippen molar-refractivity contribution in [2.24, 2.45) is 0 Å². The minimum atomic E-state index is -0.798. The van der Waals surface area contributed by atoms with Gasteiger partial charge >= 0.3 is 18.1 Å². The summed E-state index contributed by atoms with van der Waals surface area (Å²) in [5.74, 6) is 0.360. The predicted molar refractivity (Wildman–Crippen MR) is 123 cm³/mol. The maximum Gasteiger partial charge on any atom is 0.409 e. The Bertz CT molecular complexity index is 941. The molecule has 1 atom stereocenters. The highest BCUT2D eigenvalue weighted by molar-refractivity contribution is 5.95. The zero-order valence-corrected chi connectivity index (χ0v) is 20.0. The van der Waals surface area contributed by atoms with Crippen LogP contribution < -0.4 is 20.1 Å². The van der Waals surface area contributed by atoms with Gasteiger partial charge in [0.25, 0.3) is 0 Å². The van der Waals surface area contributed by atoms with Gasteiger partial charge in [-0.2, -0.15) is 0 Å². The Morgan fingerprint density at radius 2 is 1.74 bits per heavy atom. The van der Waals surface area contributed by atoms with Crippen molar-refractivity contribution in [3.05, 3.63) is 35.0 Å². The molecule has 2 aliphatic rings. The Morgan fingerprint density at radius 3 is 2.35 bits per heavy atom. The summed E-state index contributed by atoms with van der Waals surface area (Å²) in [4.78, 5) is 41.4. The number of hydrogen-bond donors (Lipinski definition) is 2. The van der Waals surface area contributed by atoms with Gasteiger partial charge in [0.1, 0.15) is 0 Å². The number of nitrogens with one attached hydrogen (secondary N) is 2. The lowest BCUT2D eigenvalue weighted by atomic mass is 9.93. The Morgan fingerprint density at radius 1 is 1.03 bits per heavy atom. The van der Waals surface area contributed by atoms with Crippen molar-refractivity contribution >= 4 is 18.1 Å². The zero-order valence-electron chi connectivity index (χ0n) is 20.0. The van der Waals surface area contributed by atoms with E-state index in [1.54, 1.807) is 36.9 Å². The Kier molecular flexibility index (Phi) is 8.58. The number of ether oxygens (including phenoxy) is 4. The number of esters is 1. The lowest BCUT2D eigenvalue weighted by molar-refractivity contribution is -0.139. The number of amides is 3. The van der Waals surface area contributed by atoms with Gasteiger partial charge in [-0.3, -0.25) is 4.90 Å². The molecule has 34 heavy (non-hydrogen) atoms. The van der Waals surface area contributed by atoms with Gasteiger partial charge in [-0.05, 0) is 19.9 Å². The molecule has 1 fully saturated rings. The second kappa shape index (κ2) is 11.6. The Balaban J connectivity index is 1.92. The molecule has 2 heterocycles. The number of hydrogen-bond acceptors (Lipinski definition) is 8. The van der Waals surface area contributed by atoms with Crippen LogP contribution in [-0.4, -0.2) is 88.1 Å².